The van der Waals surface area contributed by atoms with Gasteiger partial charge in [0.15, 0.2) is 11.6 Å². The van der Waals surface area contributed by atoms with Gasteiger partial charge < -0.3 is 9.30 Å². The molecule has 0 saturated heterocycles. The predicted molar refractivity (Wildman–Crippen MR) is 161 cm³/mol. The molecule has 0 amide bonds. The number of nitriles is 1. The lowest BCUT2D eigenvalue weighted by atomic mass is 10.00. The van der Waals surface area contributed by atoms with E-state index >= 15 is 0 Å². The molecular formula is C30H24F2N4O6S2. The maximum absolute atomic E-state index is 14.6. The molecule has 0 unspecified atom stereocenters. The molecule has 1 N–H and O–H groups in total. The Morgan fingerprint density at radius 3 is 2.34 bits per heavy atom. The minimum atomic E-state index is -4.10. The Balaban J connectivity index is 1.78. The van der Waals surface area contributed by atoms with Gasteiger partial charge in [-0.1, -0.05) is 30.3 Å². The summed E-state index contributed by atoms with van der Waals surface area (Å²) >= 11 is 0. The van der Waals surface area contributed by atoms with Crippen LogP contribution in [0.4, 0.5) is 14.5 Å². The highest BCUT2D eigenvalue weighted by atomic mass is 32.2. The van der Waals surface area contributed by atoms with E-state index in [1.807, 2.05) is 6.07 Å². The van der Waals surface area contributed by atoms with E-state index in [0.29, 0.717) is 11.6 Å². The molecule has 0 aliphatic rings. The van der Waals surface area contributed by atoms with Crippen LogP contribution >= 0.6 is 0 Å². The molecule has 0 radical (unpaired) electrons. The highest BCUT2D eigenvalue weighted by Crippen LogP contribution is 2.41. The Kier molecular flexibility index (Phi) is 8.02. The summed E-state index contributed by atoms with van der Waals surface area (Å²) in [4.78, 5) is 13.4. The molecule has 0 spiro atoms. The van der Waals surface area contributed by atoms with Crippen molar-refractivity contribution >= 4 is 36.6 Å². The van der Waals surface area contributed by atoms with Gasteiger partial charge in [-0.15, -0.1) is 0 Å². The Morgan fingerprint density at radius 1 is 0.955 bits per heavy atom. The molecule has 2 heterocycles. The number of anilines is 1. The van der Waals surface area contributed by atoms with Crippen LogP contribution in [0.15, 0.2) is 83.9 Å². The lowest BCUT2D eigenvalue weighted by molar-refractivity contribution is 0.439. The van der Waals surface area contributed by atoms with E-state index in [-0.39, 0.29) is 44.8 Å². The van der Waals surface area contributed by atoms with E-state index in [2.05, 4.69) is 4.72 Å². The number of halogens is 2. The Hall–Kier alpha value is -5.00. The van der Waals surface area contributed by atoms with Gasteiger partial charge in [-0.3, -0.25) is 9.52 Å². The molecule has 44 heavy (non-hydrogen) atoms. The zero-order valence-corrected chi connectivity index (χ0v) is 24.9. The fourth-order valence-electron chi connectivity index (χ4n) is 4.60. The summed E-state index contributed by atoms with van der Waals surface area (Å²) in [6.45, 7) is 1.40. The quantitative estimate of drug-likeness (QED) is 0.237. The fraction of sp³-hybridized carbons (Fsp3) is 0.133. The summed E-state index contributed by atoms with van der Waals surface area (Å²) in [7, 11) is -6.57. The van der Waals surface area contributed by atoms with Gasteiger partial charge in [-0.25, -0.2) is 29.6 Å². The maximum atomic E-state index is 14.6. The highest BCUT2D eigenvalue weighted by Gasteiger charge is 2.25. The van der Waals surface area contributed by atoms with Crippen LogP contribution in [-0.4, -0.2) is 31.1 Å². The Morgan fingerprint density at radius 2 is 1.68 bits per heavy atom. The van der Waals surface area contributed by atoms with Crippen molar-refractivity contribution in [3.05, 3.63) is 112 Å². The average molecular weight is 639 g/mol. The molecule has 0 fully saturated rings. The van der Waals surface area contributed by atoms with Crippen LogP contribution in [0.5, 0.6) is 11.5 Å². The minimum Gasteiger partial charge on any atom is -0.454 e. The first-order valence-corrected chi connectivity index (χ1v) is 16.3. The van der Waals surface area contributed by atoms with Crippen molar-refractivity contribution in [3.63, 3.8) is 0 Å². The molecule has 5 aromatic rings. The van der Waals surface area contributed by atoms with Crippen molar-refractivity contribution in [2.24, 2.45) is 7.05 Å². The van der Waals surface area contributed by atoms with Gasteiger partial charge in [0.2, 0.25) is 20.0 Å². The maximum Gasteiger partial charge on any atom is 0.275 e. The van der Waals surface area contributed by atoms with Crippen LogP contribution in [-0.2, 0) is 32.8 Å². The van der Waals surface area contributed by atoms with Crippen molar-refractivity contribution in [1.29, 1.82) is 5.26 Å². The Bertz CT molecular complexity index is 2240. The van der Waals surface area contributed by atoms with E-state index in [1.54, 1.807) is 30.3 Å². The highest BCUT2D eigenvalue weighted by molar-refractivity contribution is 7.92. The first-order chi connectivity index (χ1) is 20.8. The largest absolute Gasteiger partial charge is 0.454 e. The van der Waals surface area contributed by atoms with Crippen LogP contribution in [0, 0.1) is 23.0 Å². The summed E-state index contributed by atoms with van der Waals surface area (Å²) in [6, 6.07) is 16.7. The topological polar surface area (TPSA) is 140 Å². The third-order valence-corrected chi connectivity index (χ3v) is 9.66. The van der Waals surface area contributed by atoms with E-state index in [9.17, 15) is 35.7 Å². The molecule has 0 bridgehead atoms. The van der Waals surface area contributed by atoms with Crippen molar-refractivity contribution in [2.45, 2.75) is 12.7 Å². The van der Waals surface area contributed by atoms with E-state index < -0.39 is 48.7 Å². The second kappa shape index (κ2) is 11.6. The number of rotatable bonds is 9. The van der Waals surface area contributed by atoms with Crippen LogP contribution in [0.1, 0.15) is 18.1 Å². The molecule has 10 nitrogen and oxygen atoms in total. The number of nitrogens with zero attached hydrogens (tertiary/aromatic N) is 3. The molecule has 0 saturated carbocycles. The molecule has 0 aliphatic heterocycles. The average Bonchev–Trinajstić information content (AvgIpc) is 3.44. The molecular weight excluding hydrogens is 614 g/mol. The smallest absolute Gasteiger partial charge is 0.275 e. The minimum absolute atomic E-state index is 0.0836. The van der Waals surface area contributed by atoms with E-state index in [1.165, 1.54) is 44.6 Å². The van der Waals surface area contributed by atoms with Crippen molar-refractivity contribution < 1.29 is 30.4 Å². The van der Waals surface area contributed by atoms with Gasteiger partial charge in [-0.05, 0) is 36.8 Å². The zero-order valence-electron chi connectivity index (χ0n) is 23.3. The number of hydrogen-bond acceptors (Lipinski definition) is 7. The number of pyridine rings is 1. The molecule has 14 heteroatoms. The number of aromatic nitrogens is 2. The number of fused-ring (bicyclic) bond motifs is 1. The molecule has 5 rings (SSSR count). The van der Waals surface area contributed by atoms with Gasteiger partial charge in [0, 0.05) is 48.1 Å². The predicted octanol–water partition coefficient (Wildman–Crippen LogP) is 5.09. The van der Waals surface area contributed by atoms with Crippen molar-refractivity contribution in [3.8, 4) is 28.7 Å². The summed E-state index contributed by atoms with van der Waals surface area (Å²) < 4.78 is 90.3. The molecule has 0 aliphatic carbocycles. The summed E-state index contributed by atoms with van der Waals surface area (Å²) in [6.07, 6.45) is 2.62. The number of sulfonamides is 1. The van der Waals surface area contributed by atoms with E-state index in [0.717, 1.165) is 20.7 Å². The van der Waals surface area contributed by atoms with Gasteiger partial charge in [-0.2, -0.15) is 5.26 Å². The number of hydrogen-bond donors (Lipinski definition) is 1. The molecule has 226 valence electrons. The molecule has 3 aromatic carbocycles. The SMILES string of the molecule is CCS(=O)(=O)Nc1cc(-c2cn(C)c(=O)c3c2ccn3S(=O)(=O)Cc2ccccc2)c(Oc2ccc(F)cc2F)cc1C#N. The van der Waals surface area contributed by atoms with Gasteiger partial charge in [0.05, 0.1) is 22.8 Å². The lowest BCUT2D eigenvalue weighted by Crippen LogP contribution is -2.23. The third kappa shape index (κ3) is 5.92. The van der Waals surface area contributed by atoms with Crippen molar-refractivity contribution in [2.75, 3.05) is 10.5 Å². The van der Waals surface area contributed by atoms with E-state index in [4.69, 9.17) is 4.74 Å². The number of nitrogens with one attached hydrogen (secondary N) is 1. The normalized spacial score (nSPS) is 11.8. The zero-order chi connectivity index (χ0) is 31.8. The van der Waals surface area contributed by atoms with Crippen LogP contribution < -0.4 is 15.0 Å². The summed E-state index contributed by atoms with van der Waals surface area (Å²) in [5.74, 6) is -3.15. The molecule has 2 aromatic heterocycles. The lowest BCUT2D eigenvalue weighted by Gasteiger charge is -2.17. The number of ether oxygens (including phenoxy) is 1. The third-order valence-electron chi connectivity index (χ3n) is 6.77. The second-order valence-corrected chi connectivity index (χ2v) is 13.6. The standard InChI is InChI=1S/C30H24F2N4O6S2/c1-3-43(38,39)34-26-15-23(28(13-20(26)16-33)42-27-10-9-21(31)14-25(27)32)24-17-35(2)30(37)29-22(24)11-12-36(29)44(40,41)18-19-7-5-4-6-8-19/h4-15,17,34H,3,18H2,1-2H3. The summed E-state index contributed by atoms with van der Waals surface area (Å²) in [5.41, 5.74) is -0.353. The first-order valence-electron chi connectivity index (χ1n) is 13.0. The van der Waals surface area contributed by atoms with Crippen molar-refractivity contribution in [1.82, 2.24) is 8.54 Å². The monoisotopic (exact) mass is 638 g/mol. The van der Waals surface area contributed by atoms with Crippen LogP contribution in [0.25, 0.3) is 22.0 Å². The molecule has 0 atom stereocenters. The van der Waals surface area contributed by atoms with Gasteiger partial charge >= 0.3 is 0 Å². The van der Waals surface area contributed by atoms with Crippen LogP contribution in [0.3, 0.4) is 0 Å². The number of benzene rings is 3. The van der Waals surface area contributed by atoms with Gasteiger partial charge in [0.25, 0.3) is 5.56 Å². The Labute approximate surface area is 251 Å². The first kappa shape index (κ1) is 30.5. The number of aryl methyl sites for hydroxylation is 1. The fourth-order valence-corrected chi connectivity index (χ4v) is 6.70. The second-order valence-electron chi connectivity index (χ2n) is 9.76. The summed E-state index contributed by atoms with van der Waals surface area (Å²) in [5, 5.41) is 9.97. The van der Waals surface area contributed by atoms with Gasteiger partial charge in [0.1, 0.15) is 23.2 Å². The van der Waals surface area contributed by atoms with Crippen LogP contribution in [0.2, 0.25) is 0 Å².